The predicted octanol–water partition coefficient (Wildman–Crippen LogP) is 3.44. The molecule has 1 aliphatic carbocycles. The molecule has 0 aromatic heterocycles. The number of Topliss-reactive ketones (excluding diaryl/α,β-unsaturated/α-hetero) is 1. The molecule has 92 valence electrons. The van der Waals surface area contributed by atoms with Crippen molar-refractivity contribution in [3.8, 4) is 0 Å². The van der Waals surface area contributed by atoms with Gasteiger partial charge in [-0.2, -0.15) is 0 Å². The van der Waals surface area contributed by atoms with Gasteiger partial charge in [0.2, 0.25) is 0 Å². The fourth-order valence-corrected chi connectivity index (χ4v) is 2.30. The Morgan fingerprint density at radius 1 is 1.18 bits per heavy atom. The van der Waals surface area contributed by atoms with Gasteiger partial charge in [-0.05, 0) is 37.1 Å². The average Bonchev–Trinajstić information content (AvgIpc) is 2.54. The van der Waals surface area contributed by atoms with Crippen LogP contribution in [0.25, 0.3) is 0 Å². The number of nitrogens with zero attached hydrogens (tertiary/aromatic N) is 1. The minimum absolute atomic E-state index is 0.125. The molecule has 0 heterocycles. The maximum Gasteiger partial charge on any atom is 0.157 e. The van der Waals surface area contributed by atoms with E-state index in [2.05, 4.69) is 0 Å². The third kappa shape index (κ3) is 2.99. The molecule has 1 saturated carbocycles. The summed E-state index contributed by atoms with van der Waals surface area (Å²) < 4.78 is 0. The molecule has 17 heavy (non-hydrogen) atoms. The highest BCUT2D eigenvalue weighted by molar-refractivity contribution is 6.30. The van der Waals surface area contributed by atoms with Crippen LogP contribution in [0.5, 0.6) is 0 Å². The zero-order valence-corrected chi connectivity index (χ0v) is 10.4. The van der Waals surface area contributed by atoms with Crippen LogP contribution >= 0.6 is 11.6 Å². The van der Waals surface area contributed by atoms with Gasteiger partial charge in [0, 0.05) is 11.4 Å². The second-order valence-electron chi connectivity index (χ2n) is 4.40. The van der Waals surface area contributed by atoms with Gasteiger partial charge in [0.05, 0.1) is 5.69 Å². The third-order valence-electron chi connectivity index (χ3n) is 3.16. The van der Waals surface area contributed by atoms with Crippen molar-refractivity contribution in [1.29, 1.82) is 0 Å². The molecule has 1 aromatic carbocycles. The lowest BCUT2D eigenvalue weighted by Crippen LogP contribution is -2.38. The first-order valence-corrected chi connectivity index (χ1v) is 6.32. The normalized spacial score (nSPS) is 21.1. The number of carbonyl (C=O) groups is 1. The van der Waals surface area contributed by atoms with Crippen LogP contribution in [-0.2, 0) is 4.79 Å². The van der Waals surface area contributed by atoms with Crippen LogP contribution in [0.1, 0.15) is 32.1 Å². The summed E-state index contributed by atoms with van der Waals surface area (Å²) in [7, 11) is 0. The van der Waals surface area contributed by atoms with Crippen molar-refractivity contribution >= 4 is 23.1 Å². The fraction of sp³-hybridized carbons (Fsp3) is 0.462. The van der Waals surface area contributed by atoms with E-state index in [1.54, 1.807) is 24.3 Å². The van der Waals surface area contributed by atoms with Crippen LogP contribution in [0.4, 0.5) is 5.69 Å². The highest BCUT2D eigenvalue weighted by Gasteiger charge is 2.26. The van der Waals surface area contributed by atoms with Crippen molar-refractivity contribution in [1.82, 2.24) is 0 Å². The van der Waals surface area contributed by atoms with Gasteiger partial charge in [0.1, 0.15) is 6.04 Å². The molecule has 0 aliphatic heterocycles. The van der Waals surface area contributed by atoms with Gasteiger partial charge in [-0.25, -0.2) is 5.06 Å². The van der Waals surface area contributed by atoms with Crippen molar-refractivity contribution in [3.63, 3.8) is 0 Å². The minimum Gasteiger partial charge on any atom is -0.297 e. The highest BCUT2D eigenvalue weighted by Crippen LogP contribution is 2.24. The molecule has 0 amide bonds. The van der Waals surface area contributed by atoms with Gasteiger partial charge in [-0.3, -0.25) is 10.0 Å². The maximum absolute atomic E-state index is 11.9. The van der Waals surface area contributed by atoms with Crippen LogP contribution in [0.15, 0.2) is 24.3 Å². The smallest absolute Gasteiger partial charge is 0.157 e. The molecule has 0 saturated heterocycles. The number of benzene rings is 1. The van der Waals surface area contributed by atoms with Gasteiger partial charge in [-0.1, -0.05) is 24.4 Å². The Balaban J connectivity index is 2.14. The lowest BCUT2D eigenvalue weighted by atomic mass is 10.1. The van der Waals surface area contributed by atoms with Crippen LogP contribution in [0, 0.1) is 0 Å². The summed E-state index contributed by atoms with van der Waals surface area (Å²) in [5.41, 5.74) is 0.620. The van der Waals surface area contributed by atoms with Crippen LogP contribution < -0.4 is 5.06 Å². The first-order valence-electron chi connectivity index (χ1n) is 5.95. The van der Waals surface area contributed by atoms with Gasteiger partial charge in [0.15, 0.2) is 5.78 Å². The molecule has 1 atom stereocenters. The molecule has 0 bridgehead atoms. The Labute approximate surface area is 106 Å². The van der Waals surface area contributed by atoms with Crippen molar-refractivity contribution in [2.75, 3.05) is 5.06 Å². The quantitative estimate of drug-likeness (QED) is 0.648. The first kappa shape index (κ1) is 12.4. The summed E-state index contributed by atoms with van der Waals surface area (Å²) in [4.78, 5) is 11.9. The summed E-state index contributed by atoms with van der Waals surface area (Å²) in [6.45, 7) is 0. The number of halogens is 1. The van der Waals surface area contributed by atoms with E-state index in [4.69, 9.17) is 11.6 Å². The first-order chi connectivity index (χ1) is 8.18. The van der Waals surface area contributed by atoms with Gasteiger partial charge < -0.3 is 0 Å². The van der Waals surface area contributed by atoms with Crippen molar-refractivity contribution in [2.45, 2.75) is 38.1 Å². The van der Waals surface area contributed by atoms with Crippen LogP contribution in [0.2, 0.25) is 5.02 Å². The van der Waals surface area contributed by atoms with E-state index in [0.29, 0.717) is 17.1 Å². The van der Waals surface area contributed by atoms with Crippen molar-refractivity contribution < 1.29 is 10.0 Å². The average molecular weight is 254 g/mol. The van der Waals surface area contributed by atoms with Gasteiger partial charge in [-0.15, -0.1) is 0 Å². The van der Waals surface area contributed by atoms with Crippen molar-refractivity contribution in [2.24, 2.45) is 0 Å². The SMILES string of the molecule is O=C1CCCCCC1N(O)c1ccc(Cl)cc1. The number of hydrogen-bond acceptors (Lipinski definition) is 3. The molecular formula is C13H16ClNO2. The summed E-state index contributed by atoms with van der Waals surface area (Å²) in [6.07, 6.45) is 4.27. The Bertz CT molecular complexity index is 391. The molecular weight excluding hydrogens is 238 g/mol. The molecule has 2 rings (SSSR count). The Hall–Kier alpha value is -1.06. The number of hydroxylamine groups is 1. The molecule has 1 unspecified atom stereocenters. The van der Waals surface area contributed by atoms with E-state index in [1.807, 2.05) is 0 Å². The predicted molar refractivity (Wildman–Crippen MR) is 67.6 cm³/mol. The second-order valence-corrected chi connectivity index (χ2v) is 4.84. The Kier molecular flexibility index (Phi) is 4.02. The number of hydrogen-bond donors (Lipinski definition) is 1. The second kappa shape index (κ2) is 5.52. The fourth-order valence-electron chi connectivity index (χ4n) is 2.17. The van der Waals surface area contributed by atoms with E-state index in [1.165, 1.54) is 0 Å². The molecule has 4 heteroatoms. The van der Waals surface area contributed by atoms with Crippen LogP contribution in [0.3, 0.4) is 0 Å². The molecule has 1 fully saturated rings. The van der Waals surface area contributed by atoms with E-state index in [0.717, 1.165) is 30.7 Å². The molecule has 1 N–H and O–H groups in total. The molecule has 0 spiro atoms. The highest BCUT2D eigenvalue weighted by atomic mass is 35.5. The monoisotopic (exact) mass is 253 g/mol. The summed E-state index contributed by atoms with van der Waals surface area (Å²) in [5, 5.41) is 11.8. The van der Waals surface area contributed by atoms with Gasteiger partial charge in [0.25, 0.3) is 0 Å². The summed E-state index contributed by atoms with van der Waals surface area (Å²) in [6, 6.07) is 6.46. The van der Waals surface area contributed by atoms with E-state index in [-0.39, 0.29) is 5.78 Å². The number of rotatable bonds is 2. The third-order valence-corrected chi connectivity index (χ3v) is 3.41. The Morgan fingerprint density at radius 3 is 2.59 bits per heavy atom. The van der Waals surface area contributed by atoms with Crippen molar-refractivity contribution in [3.05, 3.63) is 29.3 Å². The standard InChI is InChI=1S/C13H16ClNO2/c14-10-6-8-11(9-7-10)15(17)12-4-2-1-3-5-13(12)16/h6-9,12,17H,1-5H2. The summed E-state index contributed by atoms with van der Waals surface area (Å²) in [5.74, 6) is 0.125. The summed E-state index contributed by atoms with van der Waals surface area (Å²) >= 11 is 5.79. The van der Waals surface area contributed by atoms with Crippen LogP contribution in [-0.4, -0.2) is 17.0 Å². The molecule has 1 aliphatic rings. The Morgan fingerprint density at radius 2 is 1.88 bits per heavy atom. The topological polar surface area (TPSA) is 40.5 Å². The lowest BCUT2D eigenvalue weighted by molar-refractivity contribution is -0.121. The zero-order valence-electron chi connectivity index (χ0n) is 9.60. The van der Waals surface area contributed by atoms with E-state index >= 15 is 0 Å². The lowest BCUT2D eigenvalue weighted by Gasteiger charge is -2.25. The molecule has 3 nitrogen and oxygen atoms in total. The zero-order chi connectivity index (χ0) is 12.3. The number of carbonyl (C=O) groups excluding carboxylic acids is 1. The molecule has 1 aromatic rings. The number of anilines is 1. The number of ketones is 1. The minimum atomic E-state index is -0.404. The largest absolute Gasteiger partial charge is 0.297 e. The van der Waals surface area contributed by atoms with Gasteiger partial charge >= 0.3 is 0 Å². The van der Waals surface area contributed by atoms with E-state index in [9.17, 15) is 10.0 Å². The van der Waals surface area contributed by atoms with E-state index < -0.39 is 6.04 Å². The maximum atomic E-state index is 11.9. The molecule has 0 radical (unpaired) electrons.